The van der Waals surface area contributed by atoms with E-state index in [0.29, 0.717) is 19.5 Å². The first kappa shape index (κ1) is 18.3. The number of ether oxygens (including phenoxy) is 1. The van der Waals surface area contributed by atoms with Crippen LogP contribution in [0.2, 0.25) is 0 Å². The van der Waals surface area contributed by atoms with Crippen molar-refractivity contribution in [3.05, 3.63) is 29.8 Å². The standard InChI is InChI=1S/C22H30N2O3/c1-27-19-4-2-3-15(10-19)14-24-20(25)5-6-23-21(26)22-11-16-7-17(12-22)9-18(8-16)13-22/h2-4,10,16-18H,5-9,11-14H2,1H3,(H,23,26)(H,24,25). The molecule has 4 bridgehead atoms. The van der Waals surface area contributed by atoms with E-state index in [1.165, 1.54) is 19.3 Å². The molecule has 0 aromatic heterocycles. The van der Waals surface area contributed by atoms with Gasteiger partial charge in [0.2, 0.25) is 11.8 Å². The minimum atomic E-state index is -0.133. The van der Waals surface area contributed by atoms with E-state index >= 15 is 0 Å². The lowest BCUT2D eigenvalue weighted by Gasteiger charge is -2.55. The summed E-state index contributed by atoms with van der Waals surface area (Å²) in [4.78, 5) is 25.0. The van der Waals surface area contributed by atoms with Gasteiger partial charge in [-0.1, -0.05) is 12.1 Å². The van der Waals surface area contributed by atoms with Crippen LogP contribution in [0.1, 0.15) is 50.5 Å². The van der Waals surface area contributed by atoms with Crippen molar-refractivity contribution in [3.8, 4) is 5.75 Å². The second kappa shape index (κ2) is 7.53. The first-order valence-corrected chi connectivity index (χ1v) is 10.2. The number of hydrogen-bond acceptors (Lipinski definition) is 3. The smallest absolute Gasteiger partial charge is 0.226 e. The van der Waals surface area contributed by atoms with Crippen LogP contribution in [0, 0.1) is 23.2 Å². The highest BCUT2D eigenvalue weighted by atomic mass is 16.5. The molecule has 5 nitrogen and oxygen atoms in total. The quantitative estimate of drug-likeness (QED) is 0.775. The maximum Gasteiger partial charge on any atom is 0.226 e. The lowest BCUT2D eigenvalue weighted by Crippen LogP contribution is -2.53. The zero-order valence-corrected chi connectivity index (χ0v) is 16.1. The van der Waals surface area contributed by atoms with Gasteiger partial charge in [0.05, 0.1) is 7.11 Å². The molecule has 0 atom stereocenters. The normalized spacial score (nSPS) is 30.8. The minimum Gasteiger partial charge on any atom is -0.497 e. The molecule has 0 saturated heterocycles. The number of carbonyl (C=O) groups excluding carboxylic acids is 2. The van der Waals surface area contributed by atoms with Gasteiger partial charge in [0.25, 0.3) is 0 Å². The van der Waals surface area contributed by atoms with Crippen LogP contribution in [-0.2, 0) is 16.1 Å². The summed E-state index contributed by atoms with van der Waals surface area (Å²) in [7, 11) is 1.63. The number of hydrogen-bond donors (Lipinski definition) is 2. The molecule has 27 heavy (non-hydrogen) atoms. The fraction of sp³-hybridized carbons (Fsp3) is 0.636. The first-order chi connectivity index (χ1) is 13.1. The summed E-state index contributed by atoms with van der Waals surface area (Å²) in [6, 6.07) is 7.66. The molecule has 4 aliphatic rings. The van der Waals surface area contributed by atoms with Crippen molar-refractivity contribution >= 4 is 11.8 Å². The first-order valence-electron chi connectivity index (χ1n) is 10.2. The van der Waals surface area contributed by atoms with Gasteiger partial charge in [-0.2, -0.15) is 0 Å². The van der Waals surface area contributed by atoms with Gasteiger partial charge in [0.1, 0.15) is 5.75 Å². The largest absolute Gasteiger partial charge is 0.497 e. The van der Waals surface area contributed by atoms with Crippen molar-refractivity contribution in [1.29, 1.82) is 0 Å². The lowest BCUT2D eigenvalue weighted by atomic mass is 9.49. The molecule has 0 radical (unpaired) electrons. The fourth-order valence-electron chi connectivity index (χ4n) is 5.94. The molecule has 0 unspecified atom stereocenters. The van der Waals surface area contributed by atoms with Gasteiger partial charge >= 0.3 is 0 Å². The summed E-state index contributed by atoms with van der Waals surface area (Å²) in [5.41, 5.74) is 0.867. The van der Waals surface area contributed by atoms with E-state index in [4.69, 9.17) is 4.74 Å². The van der Waals surface area contributed by atoms with E-state index in [-0.39, 0.29) is 17.2 Å². The number of amides is 2. The molecular formula is C22H30N2O3. The predicted molar refractivity (Wildman–Crippen MR) is 103 cm³/mol. The molecule has 4 aliphatic carbocycles. The number of rotatable bonds is 7. The van der Waals surface area contributed by atoms with Gasteiger partial charge in [-0.25, -0.2) is 0 Å². The molecule has 4 saturated carbocycles. The third-order valence-electron chi connectivity index (χ3n) is 6.78. The van der Waals surface area contributed by atoms with E-state index in [9.17, 15) is 9.59 Å². The summed E-state index contributed by atoms with van der Waals surface area (Å²) >= 11 is 0. The summed E-state index contributed by atoms with van der Waals surface area (Å²) in [6.45, 7) is 0.892. The fourth-order valence-corrected chi connectivity index (χ4v) is 5.94. The molecule has 0 heterocycles. The second-order valence-electron chi connectivity index (χ2n) is 8.83. The summed E-state index contributed by atoms with van der Waals surface area (Å²) in [6.07, 6.45) is 7.51. The van der Waals surface area contributed by atoms with E-state index in [1.807, 2.05) is 24.3 Å². The van der Waals surface area contributed by atoms with Gasteiger partial charge in [-0.3, -0.25) is 9.59 Å². The topological polar surface area (TPSA) is 67.4 Å². The van der Waals surface area contributed by atoms with Gasteiger partial charge in [-0.05, 0) is 74.0 Å². The number of nitrogens with one attached hydrogen (secondary N) is 2. The van der Waals surface area contributed by atoms with Crippen molar-refractivity contribution in [2.75, 3.05) is 13.7 Å². The van der Waals surface area contributed by atoms with Crippen LogP contribution in [0.3, 0.4) is 0 Å². The zero-order valence-electron chi connectivity index (χ0n) is 16.1. The van der Waals surface area contributed by atoms with Crippen LogP contribution in [0.15, 0.2) is 24.3 Å². The number of benzene rings is 1. The molecule has 4 fully saturated rings. The molecule has 0 spiro atoms. The second-order valence-corrected chi connectivity index (χ2v) is 8.83. The van der Waals surface area contributed by atoms with Crippen LogP contribution in [-0.4, -0.2) is 25.5 Å². The van der Waals surface area contributed by atoms with E-state index < -0.39 is 0 Å². The van der Waals surface area contributed by atoms with Crippen LogP contribution in [0.4, 0.5) is 0 Å². The maximum atomic E-state index is 12.9. The molecule has 0 aliphatic heterocycles. The molecule has 1 aromatic carbocycles. The maximum absolute atomic E-state index is 12.9. The Labute approximate surface area is 161 Å². The summed E-state index contributed by atoms with van der Waals surface area (Å²) in [5.74, 6) is 3.21. The lowest BCUT2D eigenvalue weighted by molar-refractivity contribution is -0.146. The Morgan fingerprint density at radius 1 is 1.07 bits per heavy atom. The van der Waals surface area contributed by atoms with Crippen LogP contribution in [0.25, 0.3) is 0 Å². The van der Waals surface area contributed by atoms with E-state index in [2.05, 4.69) is 10.6 Å². The SMILES string of the molecule is COc1cccc(CNC(=O)CCNC(=O)C23CC4CC(CC(C4)C2)C3)c1. The monoisotopic (exact) mass is 370 g/mol. The Balaban J connectivity index is 1.21. The van der Waals surface area contributed by atoms with Crippen molar-refractivity contribution in [1.82, 2.24) is 10.6 Å². The van der Waals surface area contributed by atoms with Crippen LogP contribution in [0.5, 0.6) is 5.75 Å². The van der Waals surface area contributed by atoms with Crippen molar-refractivity contribution in [3.63, 3.8) is 0 Å². The Morgan fingerprint density at radius 2 is 1.74 bits per heavy atom. The molecule has 1 aromatic rings. The van der Waals surface area contributed by atoms with Gasteiger partial charge in [0, 0.05) is 24.9 Å². The van der Waals surface area contributed by atoms with Crippen LogP contribution >= 0.6 is 0 Å². The number of methoxy groups -OCH3 is 1. The highest BCUT2D eigenvalue weighted by molar-refractivity contribution is 5.84. The average molecular weight is 370 g/mol. The average Bonchev–Trinajstić information content (AvgIpc) is 2.65. The van der Waals surface area contributed by atoms with E-state index in [0.717, 1.165) is 48.3 Å². The molecular weight excluding hydrogens is 340 g/mol. The van der Waals surface area contributed by atoms with Gasteiger partial charge in [-0.15, -0.1) is 0 Å². The highest BCUT2D eigenvalue weighted by Crippen LogP contribution is 2.60. The third kappa shape index (κ3) is 3.97. The Kier molecular flexibility index (Phi) is 5.11. The Morgan fingerprint density at radius 3 is 2.37 bits per heavy atom. The zero-order chi connectivity index (χ0) is 18.9. The molecule has 146 valence electrons. The Hall–Kier alpha value is -2.04. The molecule has 5 rings (SSSR count). The minimum absolute atomic E-state index is 0.0383. The highest BCUT2D eigenvalue weighted by Gasteiger charge is 2.54. The Bertz CT molecular complexity index is 680. The van der Waals surface area contributed by atoms with Crippen molar-refractivity contribution < 1.29 is 14.3 Å². The van der Waals surface area contributed by atoms with Crippen molar-refractivity contribution in [2.45, 2.75) is 51.5 Å². The van der Waals surface area contributed by atoms with E-state index in [1.54, 1.807) is 7.11 Å². The third-order valence-corrected chi connectivity index (χ3v) is 6.78. The van der Waals surface area contributed by atoms with Crippen molar-refractivity contribution in [2.24, 2.45) is 23.2 Å². The van der Waals surface area contributed by atoms with Crippen LogP contribution < -0.4 is 15.4 Å². The summed E-state index contributed by atoms with van der Waals surface area (Å²) < 4.78 is 5.19. The van der Waals surface area contributed by atoms with Gasteiger partial charge < -0.3 is 15.4 Å². The summed E-state index contributed by atoms with van der Waals surface area (Å²) in [5, 5.41) is 5.98. The van der Waals surface area contributed by atoms with Gasteiger partial charge in [0.15, 0.2) is 0 Å². The molecule has 5 heteroatoms. The molecule has 2 amide bonds. The molecule has 2 N–H and O–H groups in total. The number of carbonyl (C=O) groups is 2. The predicted octanol–water partition coefficient (Wildman–Crippen LogP) is 3.03.